The van der Waals surface area contributed by atoms with Gasteiger partial charge in [-0.25, -0.2) is 14.4 Å². The quantitative estimate of drug-likeness (QED) is 0.730. The van der Waals surface area contributed by atoms with Gasteiger partial charge in [0.05, 0.1) is 17.3 Å². The Labute approximate surface area is 157 Å². The minimum absolute atomic E-state index is 0.00602. The van der Waals surface area contributed by atoms with E-state index in [1.54, 1.807) is 13.2 Å². The highest BCUT2D eigenvalue weighted by atomic mass is 19.1. The van der Waals surface area contributed by atoms with Crippen LogP contribution in [0, 0.1) is 5.82 Å². The Morgan fingerprint density at radius 3 is 2.89 bits per heavy atom. The van der Waals surface area contributed by atoms with Crippen molar-refractivity contribution in [3.63, 3.8) is 0 Å². The first-order valence-corrected chi connectivity index (χ1v) is 9.16. The minimum atomic E-state index is -0.332. The van der Waals surface area contributed by atoms with Crippen molar-refractivity contribution in [2.75, 3.05) is 12.4 Å². The van der Waals surface area contributed by atoms with Crippen molar-refractivity contribution in [3.05, 3.63) is 42.6 Å². The zero-order valence-corrected chi connectivity index (χ0v) is 15.5. The van der Waals surface area contributed by atoms with Crippen LogP contribution in [0.15, 0.2) is 36.8 Å². The topological polar surface area (TPSA) is 61.2 Å². The molecule has 0 amide bonds. The highest BCUT2D eigenvalue weighted by Gasteiger charge is 2.24. The predicted molar refractivity (Wildman–Crippen MR) is 102 cm³/mol. The number of nitrogens with zero attached hydrogens (tertiary/aromatic N) is 3. The van der Waals surface area contributed by atoms with Crippen LogP contribution in [0.2, 0.25) is 0 Å². The lowest BCUT2D eigenvalue weighted by Crippen LogP contribution is -2.29. The fourth-order valence-corrected chi connectivity index (χ4v) is 3.64. The molecule has 0 unspecified atom stereocenters. The number of hydrogen-bond acceptors (Lipinski definition) is 5. The van der Waals surface area contributed by atoms with Crippen molar-refractivity contribution in [3.8, 4) is 5.75 Å². The SMILES string of the molecule is CO[C@H]1CCC[C@@H](Oc2cc(F)ccc2Nc2ncnc3ccn(C)c23)C1. The van der Waals surface area contributed by atoms with Gasteiger partial charge in [-0.3, -0.25) is 0 Å². The standard InChI is InChI=1S/C20H23FN4O2/c1-25-9-8-17-19(25)20(23-12-22-17)24-16-7-6-13(21)10-18(16)27-15-5-3-4-14(11-15)26-2/h6-10,12,14-15H,3-5,11H2,1-2H3,(H,22,23,24)/t14-,15+/m0/s1. The number of ether oxygens (including phenoxy) is 2. The summed E-state index contributed by atoms with van der Waals surface area (Å²) in [5, 5.41) is 3.29. The molecule has 0 radical (unpaired) electrons. The van der Waals surface area contributed by atoms with Crippen LogP contribution in [-0.4, -0.2) is 33.9 Å². The molecule has 7 heteroatoms. The van der Waals surface area contributed by atoms with Crippen molar-refractivity contribution in [2.24, 2.45) is 7.05 Å². The summed E-state index contributed by atoms with van der Waals surface area (Å²) < 4.78 is 27.5. The van der Waals surface area contributed by atoms with E-state index in [2.05, 4.69) is 15.3 Å². The van der Waals surface area contributed by atoms with Crippen LogP contribution >= 0.6 is 0 Å². The summed E-state index contributed by atoms with van der Waals surface area (Å²) in [6.45, 7) is 0. The summed E-state index contributed by atoms with van der Waals surface area (Å²) in [4.78, 5) is 8.63. The summed E-state index contributed by atoms with van der Waals surface area (Å²) in [6.07, 6.45) is 7.46. The number of nitrogens with one attached hydrogen (secondary N) is 1. The van der Waals surface area contributed by atoms with Crippen LogP contribution in [0.5, 0.6) is 5.75 Å². The molecule has 2 aromatic heterocycles. The molecule has 142 valence electrons. The highest BCUT2D eigenvalue weighted by molar-refractivity contribution is 5.88. The Hall–Kier alpha value is -2.67. The van der Waals surface area contributed by atoms with Crippen molar-refractivity contribution in [1.82, 2.24) is 14.5 Å². The Morgan fingerprint density at radius 2 is 2.04 bits per heavy atom. The molecule has 1 N–H and O–H groups in total. The van der Waals surface area contributed by atoms with Crippen LogP contribution in [0.3, 0.4) is 0 Å². The molecule has 6 nitrogen and oxygen atoms in total. The molecule has 2 atom stereocenters. The van der Waals surface area contributed by atoms with Crippen LogP contribution in [0.1, 0.15) is 25.7 Å². The number of methoxy groups -OCH3 is 1. The maximum absolute atomic E-state index is 13.9. The van der Waals surface area contributed by atoms with Crippen molar-refractivity contribution in [2.45, 2.75) is 37.9 Å². The molecule has 1 aliphatic carbocycles. The summed E-state index contributed by atoms with van der Waals surface area (Å²) >= 11 is 0. The van der Waals surface area contributed by atoms with E-state index in [1.165, 1.54) is 18.5 Å². The second kappa shape index (κ2) is 7.52. The van der Waals surface area contributed by atoms with Gasteiger partial charge in [-0.15, -0.1) is 0 Å². The third kappa shape index (κ3) is 3.73. The van der Waals surface area contributed by atoms with E-state index in [1.807, 2.05) is 23.9 Å². The van der Waals surface area contributed by atoms with E-state index < -0.39 is 0 Å². The smallest absolute Gasteiger partial charge is 0.158 e. The van der Waals surface area contributed by atoms with Crippen LogP contribution in [-0.2, 0) is 11.8 Å². The molecule has 4 rings (SSSR count). The Morgan fingerprint density at radius 1 is 1.19 bits per heavy atom. The first-order chi connectivity index (χ1) is 13.1. The van der Waals surface area contributed by atoms with Crippen LogP contribution in [0.25, 0.3) is 11.0 Å². The zero-order chi connectivity index (χ0) is 18.8. The Kier molecular flexibility index (Phi) is 4.94. The number of anilines is 2. The number of halogens is 1. The zero-order valence-electron chi connectivity index (χ0n) is 15.5. The Bertz CT molecular complexity index is 943. The molecule has 0 spiro atoms. The molecule has 2 heterocycles. The summed E-state index contributed by atoms with van der Waals surface area (Å²) in [5.74, 6) is 0.807. The van der Waals surface area contributed by atoms with Gasteiger partial charge in [0.2, 0.25) is 0 Å². The van der Waals surface area contributed by atoms with E-state index in [-0.39, 0.29) is 18.0 Å². The number of aromatic nitrogens is 3. The number of fused-ring (bicyclic) bond motifs is 1. The summed E-state index contributed by atoms with van der Waals surface area (Å²) in [7, 11) is 3.66. The van der Waals surface area contributed by atoms with Crippen LogP contribution < -0.4 is 10.1 Å². The Balaban J connectivity index is 1.62. The molecule has 1 fully saturated rings. The monoisotopic (exact) mass is 370 g/mol. The summed E-state index contributed by atoms with van der Waals surface area (Å²) in [5.41, 5.74) is 2.40. The number of rotatable bonds is 5. The third-order valence-corrected chi connectivity index (χ3v) is 5.06. The first kappa shape index (κ1) is 17.7. The van der Waals surface area contributed by atoms with E-state index in [0.717, 1.165) is 36.7 Å². The van der Waals surface area contributed by atoms with Gasteiger partial charge in [-0.2, -0.15) is 0 Å². The van der Waals surface area contributed by atoms with Gasteiger partial charge in [0.25, 0.3) is 0 Å². The van der Waals surface area contributed by atoms with Crippen molar-refractivity contribution >= 4 is 22.5 Å². The van der Waals surface area contributed by atoms with Gasteiger partial charge >= 0.3 is 0 Å². The van der Waals surface area contributed by atoms with Crippen molar-refractivity contribution < 1.29 is 13.9 Å². The van der Waals surface area contributed by atoms with Gasteiger partial charge in [0, 0.05) is 32.8 Å². The first-order valence-electron chi connectivity index (χ1n) is 9.16. The largest absolute Gasteiger partial charge is 0.488 e. The third-order valence-electron chi connectivity index (χ3n) is 5.06. The number of aryl methyl sites for hydroxylation is 1. The second-order valence-corrected chi connectivity index (χ2v) is 6.91. The van der Waals surface area contributed by atoms with E-state index in [0.29, 0.717) is 17.3 Å². The maximum Gasteiger partial charge on any atom is 0.158 e. The normalized spacial score (nSPS) is 20.0. The molecule has 3 aromatic rings. The average molecular weight is 370 g/mol. The lowest BCUT2D eigenvalue weighted by Gasteiger charge is -2.29. The van der Waals surface area contributed by atoms with E-state index in [9.17, 15) is 4.39 Å². The molecular formula is C20H23FN4O2. The fraction of sp³-hybridized carbons (Fsp3) is 0.400. The van der Waals surface area contributed by atoms with Crippen LogP contribution in [0.4, 0.5) is 15.9 Å². The second-order valence-electron chi connectivity index (χ2n) is 6.91. The lowest BCUT2D eigenvalue weighted by molar-refractivity contribution is 0.0211. The average Bonchev–Trinajstić information content (AvgIpc) is 3.06. The van der Waals surface area contributed by atoms with E-state index in [4.69, 9.17) is 9.47 Å². The van der Waals surface area contributed by atoms with Gasteiger partial charge in [-0.05, 0) is 37.5 Å². The maximum atomic E-state index is 13.9. The lowest BCUT2D eigenvalue weighted by atomic mass is 9.95. The molecular weight excluding hydrogens is 347 g/mol. The van der Waals surface area contributed by atoms with Gasteiger partial charge in [-0.1, -0.05) is 0 Å². The minimum Gasteiger partial charge on any atom is -0.488 e. The molecule has 1 saturated carbocycles. The molecule has 0 aliphatic heterocycles. The molecule has 27 heavy (non-hydrogen) atoms. The predicted octanol–water partition coefficient (Wildman–Crippen LogP) is 4.19. The molecule has 0 bridgehead atoms. The number of hydrogen-bond donors (Lipinski definition) is 1. The van der Waals surface area contributed by atoms with Gasteiger partial charge in [0.15, 0.2) is 5.82 Å². The van der Waals surface area contributed by atoms with Gasteiger partial charge in [0.1, 0.15) is 29.5 Å². The van der Waals surface area contributed by atoms with Crippen molar-refractivity contribution in [1.29, 1.82) is 0 Å². The molecule has 1 aromatic carbocycles. The summed E-state index contributed by atoms with van der Waals surface area (Å²) in [6, 6.07) is 6.44. The molecule has 0 saturated heterocycles. The molecule has 1 aliphatic rings. The number of benzene rings is 1. The van der Waals surface area contributed by atoms with Gasteiger partial charge < -0.3 is 19.4 Å². The van der Waals surface area contributed by atoms with E-state index >= 15 is 0 Å². The highest BCUT2D eigenvalue weighted by Crippen LogP contribution is 2.33. The fourth-order valence-electron chi connectivity index (χ4n) is 3.64.